The zero-order valence-electron chi connectivity index (χ0n) is 12.2. The Morgan fingerprint density at radius 2 is 2.06 bits per heavy atom. The van der Waals surface area contributed by atoms with Crippen molar-refractivity contribution in [3.05, 3.63) is 15.6 Å². The largest absolute Gasteiger partial charge is 0.306 e. The van der Waals surface area contributed by atoms with E-state index in [0.717, 1.165) is 13.0 Å². The summed E-state index contributed by atoms with van der Waals surface area (Å²) in [6.45, 7) is 10.1. The van der Waals surface area contributed by atoms with Gasteiger partial charge in [0.2, 0.25) is 0 Å². The molecule has 0 fully saturated rings. The first kappa shape index (κ1) is 14.0. The number of fused-ring (bicyclic) bond motifs is 1. The van der Waals surface area contributed by atoms with Crippen LogP contribution in [0, 0.1) is 5.92 Å². The summed E-state index contributed by atoms with van der Waals surface area (Å²) in [5.41, 5.74) is 1.44. The van der Waals surface area contributed by atoms with Crippen molar-refractivity contribution in [1.82, 2.24) is 10.3 Å². The van der Waals surface area contributed by atoms with E-state index < -0.39 is 0 Å². The van der Waals surface area contributed by atoms with E-state index >= 15 is 0 Å². The van der Waals surface area contributed by atoms with Crippen molar-refractivity contribution in [2.24, 2.45) is 5.92 Å². The Morgan fingerprint density at radius 3 is 2.67 bits per heavy atom. The maximum absolute atomic E-state index is 4.95. The van der Waals surface area contributed by atoms with Gasteiger partial charge in [-0.15, -0.1) is 11.3 Å². The highest BCUT2D eigenvalue weighted by atomic mass is 32.1. The molecule has 0 spiro atoms. The Kier molecular flexibility index (Phi) is 4.44. The lowest BCUT2D eigenvalue weighted by Gasteiger charge is -2.30. The van der Waals surface area contributed by atoms with Crippen LogP contribution in [0.1, 0.15) is 62.5 Å². The van der Waals surface area contributed by atoms with Crippen molar-refractivity contribution < 1.29 is 0 Å². The minimum Gasteiger partial charge on any atom is -0.306 e. The Hall–Kier alpha value is -0.410. The number of nitrogens with zero attached hydrogens (tertiary/aromatic N) is 1. The molecule has 0 saturated carbocycles. The average molecular weight is 266 g/mol. The molecule has 0 amide bonds. The summed E-state index contributed by atoms with van der Waals surface area (Å²) in [5, 5.41) is 4.97. The fraction of sp³-hybridized carbons (Fsp3) is 0.800. The third-order valence-corrected chi connectivity index (χ3v) is 5.12. The molecule has 1 aromatic rings. The first-order chi connectivity index (χ1) is 8.55. The second-order valence-electron chi connectivity index (χ2n) is 6.06. The van der Waals surface area contributed by atoms with Gasteiger partial charge in [0.1, 0.15) is 5.01 Å². The molecule has 0 aliphatic heterocycles. The van der Waals surface area contributed by atoms with E-state index in [0.29, 0.717) is 5.92 Å². The lowest BCUT2D eigenvalue weighted by atomic mass is 9.91. The minimum absolute atomic E-state index is 0.0604. The number of nitrogens with one attached hydrogen (secondary N) is 1. The summed E-state index contributed by atoms with van der Waals surface area (Å²) >= 11 is 1.95. The summed E-state index contributed by atoms with van der Waals surface area (Å²) in [4.78, 5) is 6.50. The topological polar surface area (TPSA) is 24.9 Å². The number of hydrogen-bond acceptors (Lipinski definition) is 3. The van der Waals surface area contributed by atoms with Gasteiger partial charge in [0.15, 0.2) is 0 Å². The summed E-state index contributed by atoms with van der Waals surface area (Å²) < 4.78 is 0. The molecular weight excluding hydrogens is 240 g/mol. The van der Waals surface area contributed by atoms with Crippen molar-refractivity contribution >= 4 is 11.3 Å². The molecule has 1 N–H and O–H groups in total. The number of thiazole rings is 1. The monoisotopic (exact) mass is 266 g/mol. The quantitative estimate of drug-likeness (QED) is 0.874. The van der Waals surface area contributed by atoms with E-state index in [4.69, 9.17) is 4.98 Å². The zero-order chi connectivity index (χ0) is 13.2. The van der Waals surface area contributed by atoms with Crippen LogP contribution in [0.25, 0.3) is 0 Å². The predicted octanol–water partition coefficient (Wildman–Crippen LogP) is 3.89. The molecule has 1 aliphatic rings. The SMILES string of the molecule is CCNC(C)(CC(C)C)c1nc2c(s1)CCCC2. The van der Waals surface area contributed by atoms with E-state index in [9.17, 15) is 0 Å². The molecule has 2 nitrogen and oxygen atoms in total. The second-order valence-corrected chi connectivity index (χ2v) is 7.14. The van der Waals surface area contributed by atoms with Crippen LogP contribution in [0.4, 0.5) is 0 Å². The van der Waals surface area contributed by atoms with Crippen LogP contribution < -0.4 is 5.32 Å². The molecular formula is C15H26N2S. The van der Waals surface area contributed by atoms with Crippen LogP contribution >= 0.6 is 11.3 Å². The highest BCUT2D eigenvalue weighted by Crippen LogP contribution is 2.35. The third kappa shape index (κ3) is 2.94. The number of aromatic nitrogens is 1. The number of aryl methyl sites for hydroxylation is 2. The smallest absolute Gasteiger partial charge is 0.113 e. The first-order valence-corrected chi connectivity index (χ1v) is 8.11. The maximum atomic E-state index is 4.95. The highest BCUT2D eigenvalue weighted by Gasteiger charge is 2.31. The molecule has 3 heteroatoms. The van der Waals surface area contributed by atoms with Gasteiger partial charge in [-0.05, 0) is 51.5 Å². The van der Waals surface area contributed by atoms with Gasteiger partial charge in [-0.3, -0.25) is 0 Å². The van der Waals surface area contributed by atoms with Gasteiger partial charge in [0, 0.05) is 4.88 Å². The molecule has 1 aromatic heterocycles. The van der Waals surface area contributed by atoms with Crippen molar-refractivity contribution in [3.63, 3.8) is 0 Å². The van der Waals surface area contributed by atoms with Gasteiger partial charge < -0.3 is 5.32 Å². The average Bonchev–Trinajstić information content (AvgIpc) is 2.72. The fourth-order valence-electron chi connectivity index (χ4n) is 3.03. The zero-order valence-corrected chi connectivity index (χ0v) is 13.0. The normalized spacial score (nSPS) is 18.7. The van der Waals surface area contributed by atoms with Gasteiger partial charge in [0.25, 0.3) is 0 Å². The Bertz CT molecular complexity index is 374. The summed E-state index contributed by atoms with van der Waals surface area (Å²) in [7, 11) is 0. The Balaban J connectivity index is 2.27. The lowest BCUT2D eigenvalue weighted by Crippen LogP contribution is -2.40. The van der Waals surface area contributed by atoms with Crippen molar-refractivity contribution in [2.75, 3.05) is 6.54 Å². The van der Waals surface area contributed by atoms with E-state index in [2.05, 4.69) is 33.0 Å². The molecule has 1 unspecified atom stereocenters. The van der Waals surface area contributed by atoms with E-state index in [1.807, 2.05) is 11.3 Å². The Morgan fingerprint density at radius 1 is 1.33 bits per heavy atom. The van der Waals surface area contributed by atoms with Crippen LogP contribution in [-0.2, 0) is 18.4 Å². The molecule has 2 rings (SSSR count). The second kappa shape index (κ2) is 5.70. The van der Waals surface area contributed by atoms with Crippen molar-refractivity contribution in [1.29, 1.82) is 0 Å². The molecule has 1 aliphatic carbocycles. The molecule has 0 aromatic carbocycles. The molecule has 1 heterocycles. The summed E-state index contributed by atoms with van der Waals surface area (Å²) in [6.07, 6.45) is 6.26. The number of hydrogen-bond donors (Lipinski definition) is 1. The van der Waals surface area contributed by atoms with Crippen LogP contribution in [0.15, 0.2) is 0 Å². The fourth-order valence-corrected chi connectivity index (χ4v) is 4.31. The summed E-state index contributed by atoms with van der Waals surface area (Å²) in [6, 6.07) is 0. The van der Waals surface area contributed by atoms with Gasteiger partial charge in [-0.25, -0.2) is 4.98 Å². The van der Waals surface area contributed by atoms with Crippen LogP contribution in [0.3, 0.4) is 0 Å². The molecule has 0 bridgehead atoms. The molecule has 0 radical (unpaired) electrons. The Labute approximate surface area is 115 Å². The van der Waals surface area contributed by atoms with Crippen LogP contribution in [-0.4, -0.2) is 11.5 Å². The predicted molar refractivity (Wildman–Crippen MR) is 79.2 cm³/mol. The minimum atomic E-state index is 0.0604. The molecule has 102 valence electrons. The standard InChI is InChI=1S/C15H26N2S/c1-5-16-15(4,10-11(2)3)14-17-12-8-6-7-9-13(12)18-14/h11,16H,5-10H2,1-4H3. The molecule has 0 saturated heterocycles. The van der Waals surface area contributed by atoms with E-state index in [-0.39, 0.29) is 5.54 Å². The number of rotatable bonds is 5. The van der Waals surface area contributed by atoms with Crippen LogP contribution in [0.5, 0.6) is 0 Å². The first-order valence-electron chi connectivity index (χ1n) is 7.29. The molecule has 18 heavy (non-hydrogen) atoms. The van der Waals surface area contributed by atoms with Gasteiger partial charge in [-0.2, -0.15) is 0 Å². The van der Waals surface area contributed by atoms with Crippen molar-refractivity contribution in [3.8, 4) is 0 Å². The van der Waals surface area contributed by atoms with E-state index in [1.165, 1.54) is 36.4 Å². The van der Waals surface area contributed by atoms with Gasteiger partial charge >= 0.3 is 0 Å². The highest BCUT2D eigenvalue weighted by molar-refractivity contribution is 7.11. The van der Waals surface area contributed by atoms with Gasteiger partial charge in [0.05, 0.1) is 11.2 Å². The molecule has 1 atom stereocenters. The lowest BCUT2D eigenvalue weighted by molar-refractivity contribution is 0.302. The summed E-state index contributed by atoms with van der Waals surface area (Å²) in [5.74, 6) is 0.690. The maximum Gasteiger partial charge on any atom is 0.113 e. The van der Waals surface area contributed by atoms with Crippen molar-refractivity contribution in [2.45, 2.75) is 65.3 Å². The third-order valence-electron chi connectivity index (χ3n) is 3.70. The van der Waals surface area contributed by atoms with Gasteiger partial charge in [-0.1, -0.05) is 20.8 Å². The van der Waals surface area contributed by atoms with E-state index in [1.54, 1.807) is 4.88 Å². The van der Waals surface area contributed by atoms with Crippen LogP contribution in [0.2, 0.25) is 0 Å².